The van der Waals surface area contributed by atoms with Gasteiger partial charge >= 0.3 is 0 Å². The predicted molar refractivity (Wildman–Crippen MR) is 133 cm³/mol. The third-order valence-corrected chi connectivity index (χ3v) is 7.23. The average molecular weight is 507 g/mol. The van der Waals surface area contributed by atoms with Gasteiger partial charge in [0.15, 0.2) is 11.5 Å². The zero-order valence-electron chi connectivity index (χ0n) is 19.7. The first-order chi connectivity index (χ1) is 16.8. The summed E-state index contributed by atoms with van der Waals surface area (Å²) >= 11 is 1.02. The average Bonchev–Trinajstić information content (AvgIpc) is 3.29. The summed E-state index contributed by atoms with van der Waals surface area (Å²) in [4.78, 5) is 19.4. The summed E-state index contributed by atoms with van der Waals surface area (Å²) in [6.07, 6.45) is 2.80. The highest BCUT2D eigenvalue weighted by Crippen LogP contribution is 2.34. The van der Waals surface area contributed by atoms with Crippen LogP contribution in [-0.4, -0.2) is 40.2 Å². The predicted octanol–water partition coefficient (Wildman–Crippen LogP) is 5.57. The van der Waals surface area contributed by atoms with Gasteiger partial charge < -0.3 is 16.0 Å². The molecule has 35 heavy (non-hydrogen) atoms. The van der Waals surface area contributed by atoms with Crippen LogP contribution in [-0.2, 0) is 6.54 Å². The molecule has 0 radical (unpaired) electrons. The number of thiazole rings is 1. The van der Waals surface area contributed by atoms with Gasteiger partial charge in [0.1, 0.15) is 28.1 Å². The Labute approximate surface area is 206 Å². The Morgan fingerprint density at radius 2 is 2.11 bits per heavy atom. The highest BCUT2D eigenvalue weighted by Gasteiger charge is 2.26. The van der Waals surface area contributed by atoms with Crippen molar-refractivity contribution in [3.63, 3.8) is 0 Å². The van der Waals surface area contributed by atoms with Gasteiger partial charge in [0.25, 0.3) is 12.3 Å². The van der Waals surface area contributed by atoms with Crippen LogP contribution in [0.25, 0.3) is 10.6 Å². The van der Waals surface area contributed by atoms with Gasteiger partial charge in [0, 0.05) is 18.7 Å². The summed E-state index contributed by atoms with van der Waals surface area (Å²) in [5.41, 5.74) is 7.46. The van der Waals surface area contributed by atoms with Crippen LogP contribution in [0.1, 0.15) is 48.7 Å². The van der Waals surface area contributed by atoms with E-state index < -0.39 is 24.7 Å². The molecule has 1 aliphatic heterocycles. The largest absolute Gasteiger partial charge is 0.389 e. The molecule has 2 aromatic heterocycles. The molecule has 0 spiro atoms. The number of hydrogen-bond acceptors (Lipinski definition) is 6. The van der Waals surface area contributed by atoms with Crippen LogP contribution < -0.4 is 16.0 Å². The molecule has 0 bridgehead atoms. The van der Waals surface area contributed by atoms with E-state index in [0.29, 0.717) is 35.5 Å². The zero-order valence-corrected chi connectivity index (χ0v) is 20.5. The molecule has 1 fully saturated rings. The quantitative estimate of drug-likeness (QED) is 0.437. The van der Waals surface area contributed by atoms with Crippen LogP contribution >= 0.6 is 11.3 Å². The number of nitrogens with zero attached hydrogens (tertiary/aromatic N) is 4. The fourth-order valence-electron chi connectivity index (χ4n) is 4.44. The number of hydrogen-bond donors (Lipinski definition) is 2. The topological polar surface area (TPSA) is 89.1 Å². The van der Waals surface area contributed by atoms with E-state index in [9.17, 15) is 18.0 Å². The second kappa shape index (κ2) is 10.7. The molecule has 11 heteroatoms. The molecule has 1 atom stereocenters. The minimum Gasteiger partial charge on any atom is -0.389 e. The smallest absolute Gasteiger partial charge is 0.277 e. The maximum Gasteiger partial charge on any atom is 0.277 e. The lowest BCUT2D eigenvalue weighted by molar-refractivity contribution is 0.102. The number of benzene rings is 1. The maximum atomic E-state index is 14.3. The van der Waals surface area contributed by atoms with Gasteiger partial charge in [-0.1, -0.05) is 36.3 Å². The van der Waals surface area contributed by atoms with Crippen molar-refractivity contribution in [1.29, 1.82) is 0 Å². The van der Waals surface area contributed by atoms with Crippen molar-refractivity contribution in [3.05, 3.63) is 41.5 Å². The van der Waals surface area contributed by atoms with Crippen LogP contribution in [0.2, 0.25) is 0 Å². The second-order valence-electron chi connectivity index (χ2n) is 8.82. The Hall–Kier alpha value is -3.08. The minimum absolute atomic E-state index is 0.0413. The molecule has 1 aromatic carbocycles. The molecule has 4 rings (SSSR count). The lowest BCUT2D eigenvalue weighted by atomic mass is 9.98. The summed E-state index contributed by atoms with van der Waals surface area (Å²) in [5, 5.41) is 7.31. The molecular weight excluding hydrogens is 477 g/mol. The number of alkyl halides is 2. The van der Waals surface area contributed by atoms with Crippen LogP contribution in [0.15, 0.2) is 24.4 Å². The minimum atomic E-state index is -2.59. The summed E-state index contributed by atoms with van der Waals surface area (Å²) in [6, 6.07) is 4.63. The lowest BCUT2D eigenvalue weighted by Crippen LogP contribution is -2.29. The number of halogens is 3. The summed E-state index contributed by atoms with van der Waals surface area (Å²) in [5.74, 6) is -0.0236. The number of amides is 1. The summed E-state index contributed by atoms with van der Waals surface area (Å²) in [6.45, 7) is 4.78. The van der Waals surface area contributed by atoms with Gasteiger partial charge in [-0.25, -0.2) is 22.8 Å². The van der Waals surface area contributed by atoms with E-state index >= 15 is 0 Å². The van der Waals surface area contributed by atoms with Crippen LogP contribution in [0, 0.1) is 18.7 Å². The number of nitrogen functional groups attached to an aromatic ring is 1. The molecule has 1 aliphatic rings. The maximum absolute atomic E-state index is 14.3. The molecule has 1 amide bonds. The first-order valence-electron chi connectivity index (χ1n) is 11.7. The van der Waals surface area contributed by atoms with Crippen molar-refractivity contribution in [1.82, 2.24) is 14.8 Å². The SMILES string of the molecule is CC[C@@H]1CCCN(c2c(NC(=O)c3nc(-c4cc(C)ccc4F)sc3N)cnn2CC(F)F)CC1. The Morgan fingerprint density at radius 1 is 1.31 bits per heavy atom. The summed E-state index contributed by atoms with van der Waals surface area (Å²) in [7, 11) is 0. The normalized spacial score (nSPS) is 16.5. The zero-order chi connectivity index (χ0) is 25.1. The Bertz CT molecular complexity index is 1190. The number of aryl methyl sites for hydroxylation is 1. The van der Waals surface area contributed by atoms with Gasteiger partial charge in [0.2, 0.25) is 0 Å². The number of aromatic nitrogens is 3. The van der Waals surface area contributed by atoms with Gasteiger partial charge in [0.05, 0.1) is 6.20 Å². The van der Waals surface area contributed by atoms with E-state index in [1.807, 2.05) is 11.8 Å². The molecule has 3 heterocycles. The Morgan fingerprint density at radius 3 is 2.86 bits per heavy atom. The van der Waals surface area contributed by atoms with Gasteiger partial charge in [-0.2, -0.15) is 5.10 Å². The molecule has 0 unspecified atom stereocenters. The van der Waals surface area contributed by atoms with Crippen molar-refractivity contribution in [3.8, 4) is 10.6 Å². The number of rotatable bonds is 7. The van der Waals surface area contributed by atoms with E-state index in [0.717, 1.165) is 42.6 Å². The number of nitrogens with two attached hydrogens (primary N) is 1. The number of carbonyl (C=O) groups excluding carboxylic acids is 1. The monoisotopic (exact) mass is 506 g/mol. The van der Waals surface area contributed by atoms with E-state index in [-0.39, 0.29) is 16.3 Å². The van der Waals surface area contributed by atoms with Gasteiger partial charge in [-0.3, -0.25) is 4.79 Å². The Kier molecular flexibility index (Phi) is 7.63. The van der Waals surface area contributed by atoms with E-state index in [4.69, 9.17) is 5.73 Å². The van der Waals surface area contributed by atoms with Crippen molar-refractivity contribution >= 4 is 33.8 Å². The van der Waals surface area contributed by atoms with E-state index in [1.165, 1.54) is 16.9 Å². The van der Waals surface area contributed by atoms with Gasteiger partial charge in [-0.15, -0.1) is 0 Å². The molecule has 0 saturated carbocycles. The lowest BCUT2D eigenvalue weighted by Gasteiger charge is -2.25. The fraction of sp³-hybridized carbons (Fsp3) is 0.458. The third-order valence-electron chi connectivity index (χ3n) is 6.32. The molecule has 7 nitrogen and oxygen atoms in total. The van der Waals surface area contributed by atoms with Crippen molar-refractivity contribution in [2.24, 2.45) is 5.92 Å². The highest BCUT2D eigenvalue weighted by atomic mass is 32.1. The molecule has 188 valence electrons. The number of anilines is 3. The van der Waals surface area contributed by atoms with Crippen molar-refractivity contribution < 1.29 is 18.0 Å². The standard InChI is InChI=1S/C24H29F3N6OS/c1-3-15-5-4-9-32(10-8-15)24-18(12-29-33(24)13-19(26)27)30-22(34)20-21(28)35-23(31-20)16-11-14(2)6-7-17(16)25/h6-7,11-12,15,19H,3-5,8-10,13,28H2,1-2H3,(H,30,34)/t15-/m1/s1. The first-order valence-corrected chi connectivity index (χ1v) is 12.5. The van der Waals surface area contributed by atoms with Gasteiger partial charge in [-0.05, 0) is 44.2 Å². The Balaban J connectivity index is 1.62. The number of carbonyl (C=O) groups is 1. The van der Waals surface area contributed by atoms with E-state index in [2.05, 4.69) is 22.3 Å². The fourth-order valence-corrected chi connectivity index (χ4v) is 5.29. The van der Waals surface area contributed by atoms with Crippen LogP contribution in [0.5, 0.6) is 0 Å². The van der Waals surface area contributed by atoms with E-state index in [1.54, 1.807) is 12.1 Å². The van der Waals surface area contributed by atoms with Crippen LogP contribution in [0.4, 0.5) is 29.7 Å². The second-order valence-corrected chi connectivity index (χ2v) is 9.85. The van der Waals surface area contributed by atoms with Crippen LogP contribution in [0.3, 0.4) is 0 Å². The highest BCUT2D eigenvalue weighted by molar-refractivity contribution is 7.19. The molecule has 3 N–H and O–H groups in total. The molecule has 1 saturated heterocycles. The summed E-state index contributed by atoms with van der Waals surface area (Å²) < 4.78 is 42.1. The molecule has 0 aliphatic carbocycles. The van der Waals surface area contributed by atoms with Crippen molar-refractivity contribution in [2.45, 2.75) is 52.5 Å². The van der Waals surface area contributed by atoms with Crippen molar-refractivity contribution in [2.75, 3.05) is 29.0 Å². The first kappa shape index (κ1) is 25.0. The molecular formula is C24H29F3N6OS. The third kappa shape index (κ3) is 5.61. The molecule has 3 aromatic rings. The number of nitrogens with one attached hydrogen (secondary N) is 1.